The fraction of sp³-hybridized carbons (Fsp3) is 0.241. The summed E-state index contributed by atoms with van der Waals surface area (Å²) in [6.45, 7) is 1.80. The Morgan fingerprint density at radius 1 is 0.974 bits per heavy atom. The number of ether oxygens (including phenoxy) is 1. The lowest BCUT2D eigenvalue weighted by atomic mass is 9.99. The highest BCUT2D eigenvalue weighted by molar-refractivity contribution is 9.10. The minimum atomic E-state index is -1.09. The molecule has 0 bridgehead atoms. The molecular formula is C29H28BrN3O5S. The fourth-order valence-electron chi connectivity index (χ4n) is 4.26. The van der Waals surface area contributed by atoms with Crippen LogP contribution < -0.4 is 16.0 Å². The van der Waals surface area contributed by atoms with Crippen molar-refractivity contribution in [2.45, 2.75) is 25.4 Å². The Hall–Kier alpha value is -3.63. The minimum absolute atomic E-state index is 0.126. The van der Waals surface area contributed by atoms with E-state index in [1.165, 1.54) is 24.9 Å². The van der Waals surface area contributed by atoms with Crippen LogP contribution in [-0.4, -0.2) is 49.1 Å². The quantitative estimate of drug-likeness (QED) is 0.308. The maximum absolute atomic E-state index is 13.0. The molecule has 0 aromatic heterocycles. The molecule has 0 aliphatic carbocycles. The highest BCUT2D eigenvalue weighted by atomic mass is 79.9. The third kappa shape index (κ3) is 6.88. The molecule has 0 saturated heterocycles. The first-order valence-corrected chi connectivity index (χ1v) is 14.1. The Bertz CT molecular complexity index is 1450. The number of carbonyl (C=O) groups excluding carboxylic acids is 4. The third-order valence-corrected chi connectivity index (χ3v) is 8.06. The van der Waals surface area contributed by atoms with Crippen molar-refractivity contribution in [2.75, 3.05) is 19.4 Å². The second-order valence-electron chi connectivity index (χ2n) is 8.92. The zero-order chi connectivity index (χ0) is 27.9. The topological polar surface area (TPSA) is 114 Å². The maximum Gasteiger partial charge on any atom is 0.330 e. The molecule has 8 nitrogen and oxygen atoms in total. The summed E-state index contributed by atoms with van der Waals surface area (Å²) in [5.41, 5.74) is 1.59. The van der Waals surface area contributed by atoms with E-state index in [4.69, 9.17) is 4.74 Å². The monoisotopic (exact) mass is 609 g/mol. The lowest BCUT2D eigenvalue weighted by Crippen LogP contribution is -2.49. The average molecular weight is 611 g/mol. The Morgan fingerprint density at radius 2 is 1.74 bits per heavy atom. The molecule has 0 unspecified atom stereocenters. The maximum atomic E-state index is 13.0. The fourth-order valence-corrected chi connectivity index (χ4v) is 5.71. The van der Waals surface area contributed by atoms with Crippen molar-refractivity contribution >= 4 is 62.2 Å². The van der Waals surface area contributed by atoms with E-state index in [1.807, 2.05) is 55.5 Å². The largest absolute Gasteiger partial charge is 0.467 e. The van der Waals surface area contributed by atoms with Crippen LogP contribution in [0.3, 0.4) is 0 Å². The van der Waals surface area contributed by atoms with Gasteiger partial charge in [-0.15, -0.1) is 11.8 Å². The first kappa shape index (κ1) is 28.4. The van der Waals surface area contributed by atoms with E-state index in [0.29, 0.717) is 14.9 Å². The number of halogens is 1. The van der Waals surface area contributed by atoms with Gasteiger partial charge in [0.15, 0.2) is 0 Å². The molecule has 4 rings (SSSR count). The summed E-state index contributed by atoms with van der Waals surface area (Å²) in [4.78, 5) is 51.2. The summed E-state index contributed by atoms with van der Waals surface area (Å²) in [7, 11) is 1.21. The van der Waals surface area contributed by atoms with Gasteiger partial charge in [-0.25, -0.2) is 4.79 Å². The normalized spacial score (nSPS) is 14.2. The van der Waals surface area contributed by atoms with Crippen LogP contribution in [0.1, 0.15) is 45.7 Å². The molecule has 1 aliphatic heterocycles. The molecule has 10 heteroatoms. The van der Waals surface area contributed by atoms with Crippen molar-refractivity contribution in [1.29, 1.82) is 0 Å². The summed E-state index contributed by atoms with van der Waals surface area (Å²) in [6, 6.07) is 17.2. The predicted octanol–water partition coefficient (Wildman–Crippen LogP) is 4.50. The number of esters is 1. The summed E-state index contributed by atoms with van der Waals surface area (Å²) in [5.74, 6) is -1.00. The van der Waals surface area contributed by atoms with Gasteiger partial charge in [0.2, 0.25) is 0 Å². The first-order valence-electron chi connectivity index (χ1n) is 12.4. The predicted molar refractivity (Wildman–Crippen MR) is 155 cm³/mol. The van der Waals surface area contributed by atoms with E-state index >= 15 is 0 Å². The van der Waals surface area contributed by atoms with Gasteiger partial charge in [0.25, 0.3) is 17.7 Å². The summed E-state index contributed by atoms with van der Waals surface area (Å²) in [6.07, 6.45) is 2.65. The molecule has 2 atom stereocenters. The van der Waals surface area contributed by atoms with E-state index in [2.05, 4.69) is 31.9 Å². The molecule has 3 aromatic rings. The van der Waals surface area contributed by atoms with E-state index in [9.17, 15) is 19.2 Å². The zero-order valence-electron chi connectivity index (χ0n) is 21.5. The lowest BCUT2D eigenvalue weighted by molar-refractivity contribution is -0.142. The highest BCUT2D eigenvalue weighted by Gasteiger charge is 2.25. The molecule has 0 fully saturated rings. The molecule has 3 amide bonds. The van der Waals surface area contributed by atoms with Gasteiger partial charge >= 0.3 is 5.97 Å². The van der Waals surface area contributed by atoms with Crippen molar-refractivity contribution < 1.29 is 23.9 Å². The number of thioether (sulfide) groups is 1. The molecule has 202 valence electrons. The second-order valence-corrected chi connectivity index (χ2v) is 10.9. The number of allylic oxidation sites excluding steroid dienone is 1. The van der Waals surface area contributed by atoms with Gasteiger partial charge in [0.05, 0.1) is 23.6 Å². The van der Waals surface area contributed by atoms with Crippen molar-refractivity contribution in [3.05, 3.63) is 92.8 Å². The van der Waals surface area contributed by atoms with Crippen LogP contribution in [0.15, 0.2) is 76.1 Å². The van der Waals surface area contributed by atoms with Crippen LogP contribution in [0.5, 0.6) is 0 Å². The summed E-state index contributed by atoms with van der Waals surface area (Å²) < 4.78 is 5.18. The number of benzene rings is 3. The Balaban J connectivity index is 1.42. The van der Waals surface area contributed by atoms with Crippen LogP contribution >= 0.6 is 27.7 Å². The SMILES string of the molecule is COC(=O)[C@H](CNC(=O)C1=CCCS1)NC(=O)c1ccc(C(=O)N[C@H](C)c2cccc3ccccc23)cc1Br. The third-order valence-electron chi connectivity index (χ3n) is 6.30. The first-order chi connectivity index (χ1) is 18.8. The van der Waals surface area contributed by atoms with E-state index in [1.54, 1.807) is 12.1 Å². The van der Waals surface area contributed by atoms with Gasteiger partial charge < -0.3 is 20.7 Å². The van der Waals surface area contributed by atoms with Crippen LogP contribution in [0, 0.1) is 0 Å². The van der Waals surface area contributed by atoms with Gasteiger partial charge in [-0.05, 0) is 63.8 Å². The van der Waals surface area contributed by atoms with Gasteiger partial charge in [0, 0.05) is 22.3 Å². The molecular weight excluding hydrogens is 582 g/mol. The molecule has 0 saturated carbocycles. The number of hydrogen-bond donors (Lipinski definition) is 3. The highest BCUT2D eigenvalue weighted by Crippen LogP contribution is 2.26. The summed E-state index contributed by atoms with van der Waals surface area (Å²) in [5, 5.41) is 10.4. The molecule has 1 heterocycles. The van der Waals surface area contributed by atoms with E-state index in [0.717, 1.165) is 28.5 Å². The number of hydrogen-bond acceptors (Lipinski definition) is 6. The van der Waals surface area contributed by atoms with E-state index in [-0.39, 0.29) is 30.0 Å². The Labute approximate surface area is 239 Å². The van der Waals surface area contributed by atoms with Crippen LogP contribution in [0.25, 0.3) is 10.8 Å². The number of fused-ring (bicyclic) bond motifs is 1. The molecule has 0 spiro atoms. The lowest BCUT2D eigenvalue weighted by Gasteiger charge is -2.18. The second kappa shape index (κ2) is 12.9. The molecule has 3 aromatic carbocycles. The number of rotatable bonds is 9. The number of carbonyl (C=O) groups is 4. The van der Waals surface area contributed by atoms with Crippen LogP contribution in [0.2, 0.25) is 0 Å². The summed E-state index contributed by atoms with van der Waals surface area (Å²) >= 11 is 4.82. The number of amides is 3. The van der Waals surface area contributed by atoms with Gasteiger partial charge in [0.1, 0.15) is 6.04 Å². The average Bonchev–Trinajstić information content (AvgIpc) is 3.49. The van der Waals surface area contributed by atoms with Crippen molar-refractivity contribution in [2.24, 2.45) is 0 Å². The molecule has 1 aliphatic rings. The van der Waals surface area contributed by atoms with Gasteiger partial charge in [-0.2, -0.15) is 0 Å². The standard InChI is InChI=1S/C29H28BrN3O5S/c1-17(20-10-5-8-18-7-3-4-9-21(18)20)32-26(34)19-12-13-22(23(30)15-19)27(35)33-24(29(37)38-2)16-31-28(36)25-11-6-14-39-25/h3-5,7-13,15,17,24H,6,14,16H2,1-2H3,(H,31,36)(H,32,34)(H,33,35)/t17-,24+/m1/s1. The molecule has 39 heavy (non-hydrogen) atoms. The van der Waals surface area contributed by atoms with Crippen LogP contribution in [-0.2, 0) is 14.3 Å². The number of methoxy groups -OCH3 is 1. The number of nitrogens with one attached hydrogen (secondary N) is 3. The Morgan fingerprint density at radius 3 is 2.46 bits per heavy atom. The minimum Gasteiger partial charge on any atom is -0.467 e. The van der Waals surface area contributed by atoms with Crippen molar-refractivity contribution in [3.63, 3.8) is 0 Å². The Kier molecular flexibility index (Phi) is 9.42. The smallest absolute Gasteiger partial charge is 0.330 e. The van der Waals surface area contributed by atoms with Gasteiger partial charge in [-0.1, -0.05) is 48.5 Å². The molecule has 0 radical (unpaired) electrons. The van der Waals surface area contributed by atoms with Crippen molar-refractivity contribution in [3.8, 4) is 0 Å². The van der Waals surface area contributed by atoms with E-state index < -0.39 is 17.9 Å². The molecule has 3 N–H and O–H groups in total. The van der Waals surface area contributed by atoms with Gasteiger partial charge in [-0.3, -0.25) is 14.4 Å². The zero-order valence-corrected chi connectivity index (χ0v) is 23.9. The van der Waals surface area contributed by atoms with Crippen molar-refractivity contribution in [1.82, 2.24) is 16.0 Å². The van der Waals surface area contributed by atoms with Crippen LogP contribution in [0.4, 0.5) is 0 Å².